The van der Waals surface area contributed by atoms with Crippen molar-refractivity contribution >= 4 is 23.0 Å². The van der Waals surface area contributed by atoms with Gasteiger partial charge in [-0.1, -0.05) is 11.2 Å². The predicted octanol–water partition coefficient (Wildman–Crippen LogP) is 3.46. The van der Waals surface area contributed by atoms with E-state index in [-0.39, 0.29) is 23.9 Å². The first-order chi connectivity index (χ1) is 13.8. The standard InChI is InChI=1S/C18H11N5O4S/c24-18(26-10-15-21-16(22-27-15)13-3-1-7-25-13)11-9-20-23-12(5-6-19-17(11)23)14-4-2-8-28-14/h1-9H,10H2. The van der Waals surface area contributed by atoms with E-state index in [4.69, 9.17) is 13.7 Å². The molecule has 5 aromatic heterocycles. The third-order valence-corrected chi connectivity index (χ3v) is 4.82. The maximum Gasteiger partial charge on any atom is 0.344 e. The van der Waals surface area contributed by atoms with Gasteiger partial charge in [0.2, 0.25) is 5.82 Å². The van der Waals surface area contributed by atoms with Gasteiger partial charge in [0.05, 0.1) is 23.0 Å². The molecule has 0 saturated carbocycles. The maximum absolute atomic E-state index is 12.5. The predicted molar refractivity (Wildman–Crippen MR) is 97.4 cm³/mol. The molecule has 0 aliphatic heterocycles. The van der Waals surface area contributed by atoms with Crippen molar-refractivity contribution < 1.29 is 18.5 Å². The van der Waals surface area contributed by atoms with E-state index in [0.29, 0.717) is 11.4 Å². The van der Waals surface area contributed by atoms with Gasteiger partial charge in [-0.2, -0.15) is 10.1 Å². The molecule has 0 spiro atoms. The molecule has 0 radical (unpaired) electrons. The molecule has 0 atom stereocenters. The van der Waals surface area contributed by atoms with Gasteiger partial charge in [0.25, 0.3) is 5.89 Å². The number of esters is 1. The first-order valence-electron chi connectivity index (χ1n) is 8.20. The van der Waals surface area contributed by atoms with Crippen molar-refractivity contribution in [2.45, 2.75) is 6.61 Å². The van der Waals surface area contributed by atoms with E-state index in [0.717, 1.165) is 10.6 Å². The van der Waals surface area contributed by atoms with E-state index in [1.807, 2.05) is 23.6 Å². The van der Waals surface area contributed by atoms with Crippen molar-refractivity contribution in [3.8, 4) is 22.2 Å². The van der Waals surface area contributed by atoms with Crippen LogP contribution in [-0.2, 0) is 11.3 Å². The van der Waals surface area contributed by atoms with Gasteiger partial charge in [0.15, 0.2) is 18.0 Å². The molecule has 10 heteroatoms. The Hall–Kier alpha value is -3.79. The summed E-state index contributed by atoms with van der Waals surface area (Å²) in [4.78, 5) is 21.9. The zero-order chi connectivity index (χ0) is 18.9. The minimum absolute atomic E-state index is 0.156. The highest BCUT2D eigenvalue weighted by Gasteiger charge is 2.19. The molecule has 28 heavy (non-hydrogen) atoms. The van der Waals surface area contributed by atoms with Gasteiger partial charge in [-0.15, -0.1) is 11.3 Å². The number of aromatic nitrogens is 5. The molecule has 0 saturated heterocycles. The molecule has 0 fully saturated rings. The second-order valence-corrected chi connectivity index (χ2v) is 6.61. The van der Waals surface area contributed by atoms with E-state index in [1.54, 1.807) is 34.2 Å². The Morgan fingerprint density at radius 3 is 3.04 bits per heavy atom. The number of carbonyl (C=O) groups excluding carboxylic acids is 1. The Balaban J connectivity index is 1.36. The summed E-state index contributed by atoms with van der Waals surface area (Å²) in [5, 5.41) is 10.0. The summed E-state index contributed by atoms with van der Waals surface area (Å²) < 4.78 is 17.2. The van der Waals surface area contributed by atoms with Crippen LogP contribution < -0.4 is 0 Å². The van der Waals surface area contributed by atoms with Gasteiger partial charge in [0.1, 0.15) is 5.56 Å². The number of hydrogen-bond donors (Lipinski definition) is 0. The van der Waals surface area contributed by atoms with Crippen molar-refractivity contribution in [2.24, 2.45) is 0 Å². The zero-order valence-electron chi connectivity index (χ0n) is 14.2. The van der Waals surface area contributed by atoms with Gasteiger partial charge < -0.3 is 13.7 Å². The molecule has 138 valence electrons. The van der Waals surface area contributed by atoms with E-state index < -0.39 is 5.97 Å². The van der Waals surface area contributed by atoms with Gasteiger partial charge in [-0.3, -0.25) is 0 Å². The van der Waals surface area contributed by atoms with Crippen molar-refractivity contribution in [1.29, 1.82) is 0 Å². The molecule has 0 aliphatic rings. The highest BCUT2D eigenvalue weighted by molar-refractivity contribution is 7.13. The molecule has 0 unspecified atom stereocenters. The third-order valence-electron chi connectivity index (χ3n) is 3.93. The first kappa shape index (κ1) is 16.4. The van der Waals surface area contributed by atoms with Gasteiger partial charge in [0, 0.05) is 6.20 Å². The lowest BCUT2D eigenvalue weighted by atomic mass is 10.3. The molecule has 0 aromatic carbocycles. The van der Waals surface area contributed by atoms with Crippen LogP contribution in [-0.4, -0.2) is 30.7 Å². The fourth-order valence-corrected chi connectivity index (χ4v) is 3.41. The van der Waals surface area contributed by atoms with Crippen LogP contribution in [0.1, 0.15) is 16.2 Å². The van der Waals surface area contributed by atoms with E-state index in [1.165, 1.54) is 12.5 Å². The quantitative estimate of drug-likeness (QED) is 0.418. The van der Waals surface area contributed by atoms with E-state index >= 15 is 0 Å². The second-order valence-electron chi connectivity index (χ2n) is 5.67. The number of furan rings is 1. The second kappa shape index (κ2) is 6.74. The lowest BCUT2D eigenvalue weighted by Crippen LogP contribution is -2.06. The molecular formula is C18H11N5O4S. The molecular weight excluding hydrogens is 382 g/mol. The smallest absolute Gasteiger partial charge is 0.344 e. The summed E-state index contributed by atoms with van der Waals surface area (Å²) in [6.45, 7) is -0.172. The maximum atomic E-state index is 12.5. The van der Waals surface area contributed by atoms with Crippen molar-refractivity contribution in [2.75, 3.05) is 0 Å². The highest BCUT2D eigenvalue weighted by Crippen LogP contribution is 2.25. The first-order valence-corrected chi connectivity index (χ1v) is 9.08. The Morgan fingerprint density at radius 2 is 2.21 bits per heavy atom. The molecule has 0 aliphatic carbocycles. The van der Waals surface area contributed by atoms with E-state index in [2.05, 4.69) is 20.2 Å². The molecule has 0 N–H and O–H groups in total. The zero-order valence-corrected chi connectivity index (χ0v) is 15.0. The number of ether oxygens (including phenoxy) is 1. The normalized spacial score (nSPS) is 11.1. The van der Waals surface area contributed by atoms with Crippen LogP contribution in [0.3, 0.4) is 0 Å². The van der Waals surface area contributed by atoms with Crippen molar-refractivity contribution in [3.05, 3.63) is 65.8 Å². The molecule has 9 nitrogen and oxygen atoms in total. The van der Waals surface area contributed by atoms with Crippen LogP contribution in [0.4, 0.5) is 0 Å². The minimum Gasteiger partial charge on any atom is -0.461 e. The summed E-state index contributed by atoms with van der Waals surface area (Å²) in [6.07, 6.45) is 4.58. The molecule has 5 aromatic rings. The average Bonchev–Trinajstić information content (AvgIpc) is 3.51. The number of rotatable bonds is 5. The lowest BCUT2D eigenvalue weighted by molar-refractivity contribution is 0.0432. The molecule has 5 rings (SSSR count). The summed E-state index contributed by atoms with van der Waals surface area (Å²) in [6, 6.07) is 9.19. The number of fused-ring (bicyclic) bond motifs is 1. The largest absolute Gasteiger partial charge is 0.461 e. The number of carbonyl (C=O) groups is 1. The van der Waals surface area contributed by atoms with E-state index in [9.17, 15) is 4.79 Å². The number of thiophene rings is 1. The SMILES string of the molecule is O=C(OCc1nc(-c2ccco2)no1)c1cnn2c(-c3cccs3)ccnc12. The third kappa shape index (κ3) is 2.85. The lowest BCUT2D eigenvalue weighted by Gasteiger charge is -2.02. The van der Waals surface area contributed by atoms with Crippen LogP contribution in [0.25, 0.3) is 27.8 Å². The van der Waals surface area contributed by atoms with Crippen LogP contribution in [0, 0.1) is 0 Å². The van der Waals surface area contributed by atoms with Crippen LogP contribution in [0.5, 0.6) is 0 Å². The summed E-state index contributed by atoms with van der Waals surface area (Å²) >= 11 is 1.58. The Kier molecular flexibility index (Phi) is 3.95. The Morgan fingerprint density at radius 1 is 1.25 bits per heavy atom. The fourth-order valence-electron chi connectivity index (χ4n) is 2.67. The van der Waals surface area contributed by atoms with Crippen LogP contribution >= 0.6 is 11.3 Å². The van der Waals surface area contributed by atoms with Crippen molar-refractivity contribution in [1.82, 2.24) is 24.7 Å². The van der Waals surface area contributed by atoms with Crippen LogP contribution in [0.2, 0.25) is 0 Å². The minimum atomic E-state index is -0.580. The Labute approximate surface area is 161 Å². The molecule has 0 amide bonds. The monoisotopic (exact) mass is 393 g/mol. The summed E-state index contributed by atoms with van der Waals surface area (Å²) in [5.41, 5.74) is 1.51. The molecule has 0 bridgehead atoms. The van der Waals surface area contributed by atoms with Gasteiger partial charge >= 0.3 is 5.97 Å². The summed E-state index contributed by atoms with van der Waals surface area (Å²) in [7, 11) is 0. The fraction of sp³-hybridized carbons (Fsp3) is 0.0556. The topological polar surface area (TPSA) is 109 Å². The number of nitrogens with zero attached hydrogens (tertiary/aromatic N) is 5. The van der Waals surface area contributed by atoms with Gasteiger partial charge in [-0.25, -0.2) is 14.3 Å². The number of hydrogen-bond acceptors (Lipinski definition) is 9. The average molecular weight is 393 g/mol. The molecule has 5 heterocycles. The summed E-state index contributed by atoms with van der Waals surface area (Å²) in [5.74, 6) is 0.329. The van der Waals surface area contributed by atoms with Gasteiger partial charge in [-0.05, 0) is 29.6 Å². The Bertz CT molecular complexity index is 1240. The van der Waals surface area contributed by atoms with Crippen LogP contribution in [0.15, 0.2) is 63.3 Å². The highest BCUT2D eigenvalue weighted by atomic mass is 32.1. The van der Waals surface area contributed by atoms with Crippen molar-refractivity contribution in [3.63, 3.8) is 0 Å².